The standard InChI is InChI=1S/C13H11BrOS2/c14-10-3-1-4-12(7-10)17-9-11(15)8-13-5-2-6-16-13/h1-7H,8-9H2. The summed E-state index contributed by atoms with van der Waals surface area (Å²) in [6.07, 6.45) is 0.554. The van der Waals surface area contributed by atoms with Crippen LogP contribution in [0.15, 0.2) is 51.1 Å². The minimum atomic E-state index is 0.275. The molecule has 1 aromatic carbocycles. The number of hydrogen-bond donors (Lipinski definition) is 0. The third-order valence-electron chi connectivity index (χ3n) is 2.15. The Labute approximate surface area is 117 Å². The average Bonchev–Trinajstić information content (AvgIpc) is 2.79. The molecule has 0 fully saturated rings. The van der Waals surface area contributed by atoms with E-state index in [1.165, 1.54) is 0 Å². The quantitative estimate of drug-likeness (QED) is 0.757. The summed E-state index contributed by atoms with van der Waals surface area (Å²) in [4.78, 5) is 14.0. The SMILES string of the molecule is O=C(CSc1cccc(Br)c1)Cc1cccs1. The van der Waals surface area contributed by atoms with Gasteiger partial charge in [0.05, 0.1) is 5.75 Å². The van der Waals surface area contributed by atoms with Crippen molar-refractivity contribution in [2.75, 3.05) is 5.75 Å². The van der Waals surface area contributed by atoms with E-state index in [-0.39, 0.29) is 5.78 Å². The lowest BCUT2D eigenvalue weighted by atomic mass is 10.3. The highest BCUT2D eigenvalue weighted by Crippen LogP contribution is 2.22. The van der Waals surface area contributed by atoms with Crippen LogP contribution in [0.3, 0.4) is 0 Å². The lowest BCUT2D eigenvalue weighted by molar-refractivity contribution is -0.115. The van der Waals surface area contributed by atoms with Crippen LogP contribution in [0.2, 0.25) is 0 Å². The second kappa shape index (κ2) is 6.38. The van der Waals surface area contributed by atoms with Gasteiger partial charge in [0.25, 0.3) is 0 Å². The molecule has 1 heterocycles. The monoisotopic (exact) mass is 326 g/mol. The van der Waals surface area contributed by atoms with Crippen molar-refractivity contribution in [2.45, 2.75) is 11.3 Å². The Morgan fingerprint density at radius 1 is 1.29 bits per heavy atom. The van der Waals surface area contributed by atoms with Crippen LogP contribution >= 0.6 is 39.0 Å². The first-order valence-electron chi connectivity index (χ1n) is 5.16. The lowest BCUT2D eigenvalue weighted by Gasteiger charge is -2.01. The van der Waals surface area contributed by atoms with E-state index in [1.54, 1.807) is 23.1 Å². The molecule has 1 aromatic heterocycles. The third kappa shape index (κ3) is 4.30. The molecule has 0 amide bonds. The molecule has 0 unspecified atom stereocenters. The Bertz CT molecular complexity index is 494. The van der Waals surface area contributed by atoms with Gasteiger partial charge in [-0.25, -0.2) is 0 Å². The van der Waals surface area contributed by atoms with Gasteiger partial charge in [0.2, 0.25) is 0 Å². The summed E-state index contributed by atoms with van der Waals surface area (Å²) >= 11 is 6.65. The van der Waals surface area contributed by atoms with Crippen LogP contribution in [0.1, 0.15) is 4.88 Å². The Balaban J connectivity index is 1.84. The number of thioether (sulfide) groups is 1. The van der Waals surface area contributed by atoms with E-state index in [9.17, 15) is 4.79 Å². The molecule has 0 N–H and O–H groups in total. The molecule has 0 spiro atoms. The summed E-state index contributed by atoms with van der Waals surface area (Å²) < 4.78 is 1.05. The molecule has 0 saturated carbocycles. The Morgan fingerprint density at radius 3 is 2.88 bits per heavy atom. The molecule has 0 aliphatic rings. The number of benzene rings is 1. The van der Waals surface area contributed by atoms with Gasteiger partial charge in [0, 0.05) is 20.7 Å². The fourth-order valence-electron chi connectivity index (χ4n) is 1.38. The first kappa shape index (κ1) is 12.9. The van der Waals surface area contributed by atoms with Crippen LogP contribution in [-0.4, -0.2) is 11.5 Å². The van der Waals surface area contributed by atoms with Gasteiger partial charge in [-0.3, -0.25) is 4.79 Å². The van der Waals surface area contributed by atoms with E-state index >= 15 is 0 Å². The van der Waals surface area contributed by atoms with Crippen molar-refractivity contribution >= 4 is 44.8 Å². The van der Waals surface area contributed by atoms with Crippen molar-refractivity contribution in [1.29, 1.82) is 0 Å². The molecule has 0 aliphatic carbocycles. The summed E-state index contributed by atoms with van der Waals surface area (Å²) in [6, 6.07) is 12.0. The normalized spacial score (nSPS) is 10.4. The van der Waals surface area contributed by atoms with Crippen LogP contribution in [0.5, 0.6) is 0 Å². The number of carbonyl (C=O) groups is 1. The minimum Gasteiger partial charge on any atom is -0.298 e. The van der Waals surface area contributed by atoms with Gasteiger partial charge in [0.1, 0.15) is 5.78 Å². The molecule has 88 valence electrons. The highest BCUT2D eigenvalue weighted by atomic mass is 79.9. The fourth-order valence-corrected chi connectivity index (χ4v) is 3.48. The maximum Gasteiger partial charge on any atom is 0.148 e. The van der Waals surface area contributed by atoms with Crippen molar-refractivity contribution < 1.29 is 4.79 Å². The van der Waals surface area contributed by atoms with Gasteiger partial charge in [-0.05, 0) is 29.6 Å². The molecule has 2 rings (SSSR count). The molecule has 0 bridgehead atoms. The predicted octanol–water partition coefficient (Wildman–Crippen LogP) is 4.41. The molecule has 0 aliphatic heterocycles. The highest BCUT2D eigenvalue weighted by Gasteiger charge is 2.05. The van der Waals surface area contributed by atoms with Gasteiger partial charge in [-0.1, -0.05) is 28.1 Å². The Kier molecular flexibility index (Phi) is 4.83. The van der Waals surface area contributed by atoms with Crippen molar-refractivity contribution in [3.8, 4) is 0 Å². The maximum atomic E-state index is 11.7. The van der Waals surface area contributed by atoms with Crippen LogP contribution in [0.4, 0.5) is 0 Å². The fraction of sp³-hybridized carbons (Fsp3) is 0.154. The van der Waals surface area contributed by atoms with Crippen molar-refractivity contribution in [2.24, 2.45) is 0 Å². The van der Waals surface area contributed by atoms with E-state index in [2.05, 4.69) is 15.9 Å². The second-order valence-electron chi connectivity index (χ2n) is 3.54. The minimum absolute atomic E-state index is 0.275. The summed E-state index contributed by atoms with van der Waals surface area (Å²) in [5, 5.41) is 2.00. The van der Waals surface area contributed by atoms with E-state index in [0.717, 1.165) is 14.2 Å². The van der Waals surface area contributed by atoms with Crippen LogP contribution in [0, 0.1) is 0 Å². The van der Waals surface area contributed by atoms with Crippen molar-refractivity contribution in [3.05, 3.63) is 51.1 Å². The van der Waals surface area contributed by atoms with Gasteiger partial charge in [-0.15, -0.1) is 23.1 Å². The zero-order valence-electron chi connectivity index (χ0n) is 9.06. The lowest BCUT2D eigenvalue weighted by Crippen LogP contribution is -2.04. The first-order chi connectivity index (χ1) is 8.24. The Morgan fingerprint density at radius 2 is 2.18 bits per heavy atom. The molecule has 17 heavy (non-hydrogen) atoms. The number of hydrogen-bond acceptors (Lipinski definition) is 3. The summed E-state index contributed by atoms with van der Waals surface area (Å²) in [7, 11) is 0. The third-order valence-corrected chi connectivity index (χ3v) is 4.57. The Hall–Kier alpha value is -0.580. The number of halogens is 1. The second-order valence-corrected chi connectivity index (χ2v) is 6.54. The van der Waals surface area contributed by atoms with Gasteiger partial charge >= 0.3 is 0 Å². The molecule has 4 heteroatoms. The van der Waals surface area contributed by atoms with E-state index in [0.29, 0.717) is 12.2 Å². The van der Waals surface area contributed by atoms with Gasteiger partial charge in [0.15, 0.2) is 0 Å². The summed E-state index contributed by atoms with van der Waals surface area (Å²) in [5.74, 6) is 0.811. The average molecular weight is 327 g/mol. The van der Waals surface area contributed by atoms with Gasteiger partial charge in [-0.2, -0.15) is 0 Å². The number of thiophene rings is 1. The molecule has 2 aromatic rings. The number of Topliss-reactive ketones (excluding diaryl/α,β-unsaturated/α-hetero) is 1. The van der Waals surface area contributed by atoms with E-state index in [4.69, 9.17) is 0 Å². The summed E-state index contributed by atoms with van der Waals surface area (Å²) in [6.45, 7) is 0. The van der Waals surface area contributed by atoms with E-state index < -0.39 is 0 Å². The molecule has 0 radical (unpaired) electrons. The van der Waals surface area contributed by atoms with Gasteiger partial charge < -0.3 is 0 Å². The largest absolute Gasteiger partial charge is 0.298 e. The predicted molar refractivity (Wildman–Crippen MR) is 77.9 cm³/mol. The van der Waals surface area contributed by atoms with Crippen LogP contribution < -0.4 is 0 Å². The smallest absolute Gasteiger partial charge is 0.148 e. The number of rotatable bonds is 5. The zero-order valence-corrected chi connectivity index (χ0v) is 12.3. The van der Waals surface area contributed by atoms with Crippen LogP contribution in [-0.2, 0) is 11.2 Å². The highest BCUT2D eigenvalue weighted by molar-refractivity contribution is 9.10. The number of carbonyl (C=O) groups excluding carboxylic acids is 1. The number of ketones is 1. The van der Waals surface area contributed by atoms with Crippen LogP contribution in [0.25, 0.3) is 0 Å². The topological polar surface area (TPSA) is 17.1 Å². The zero-order chi connectivity index (χ0) is 12.1. The molecule has 1 nitrogen and oxygen atoms in total. The molecular formula is C13H11BrOS2. The van der Waals surface area contributed by atoms with Crippen molar-refractivity contribution in [1.82, 2.24) is 0 Å². The van der Waals surface area contributed by atoms with E-state index in [1.807, 2.05) is 41.8 Å². The molecule has 0 saturated heterocycles. The summed E-state index contributed by atoms with van der Waals surface area (Å²) in [5.41, 5.74) is 0. The molecular weight excluding hydrogens is 316 g/mol. The van der Waals surface area contributed by atoms with Crippen molar-refractivity contribution in [3.63, 3.8) is 0 Å². The maximum absolute atomic E-state index is 11.7. The molecule has 0 atom stereocenters. The first-order valence-corrected chi connectivity index (χ1v) is 7.82.